The average Bonchev–Trinajstić information content (AvgIpc) is 3.03. The van der Waals surface area contributed by atoms with Crippen molar-refractivity contribution in [3.05, 3.63) is 23.3 Å². The molecule has 1 amide bonds. The average molecular weight is 262 g/mol. The summed E-state index contributed by atoms with van der Waals surface area (Å²) in [4.78, 5) is 21.8. The lowest BCUT2D eigenvalue weighted by atomic mass is 9.96. The maximum atomic E-state index is 11.3. The number of carbonyl (C=O) groups is 1. The Morgan fingerprint density at radius 3 is 3.21 bits per heavy atom. The van der Waals surface area contributed by atoms with Gasteiger partial charge in [0.05, 0.1) is 0 Å². The van der Waals surface area contributed by atoms with Crippen LogP contribution in [0.2, 0.25) is 0 Å². The molecule has 2 N–H and O–H groups in total. The first-order valence-electron chi connectivity index (χ1n) is 6.80. The molecule has 1 aromatic rings. The summed E-state index contributed by atoms with van der Waals surface area (Å²) in [5.74, 6) is 2.12. The monoisotopic (exact) mass is 262 g/mol. The Hall–Kier alpha value is -1.75. The van der Waals surface area contributed by atoms with E-state index in [0.29, 0.717) is 18.9 Å². The Bertz CT molecular complexity index is 502. The number of amides is 1. The molecule has 102 valence electrons. The predicted octanol–water partition coefficient (Wildman–Crippen LogP) is 1.82. The summed E-state index contributed by atoms with van der Waals surface area (Å²) in [6, 6.07) is 4.05. The summed E-state index contributed by atoms with van der Waals surface area (Å²) in [7, 11) is 0. The number of nitrogens with one attached hydrogen (secondary N) is 2. The smallest absolute Gasteiger partial charge is 0.219 e. The van der Waals surface area contributed by atoms with E-state index in [2.05, 4.69) is 17.0 Å². The lowest BCUT2D eigenvalue weighted by molar-refractivity contribution is -0.120. The quantitative estimate of drug-likeness (QED) is 0.869. The third-order valence-corrected chi connectivity index (χ3v) is 3.85. The van der Waals surface area contributed by atoms with Gasteiger partial charge in [0, 0.05) is 24.2 Å². The van der Waals surface area contributed by atoms with E-state index in [-0.39, 0.29) is 5.91 Å². The highest BCUT2D eigenvalue weighted by molar-refractivity contribution is 5.75. The molecule has 5 nitrogen and oxygen atoms in total. The Morgan fingerprint density at radius 2 is 2.37 bits per heavy atom. The first-order chi connectivity index (χ1) is 9.29. The first kappa shape index (κ1) is 12.3. The summed E-state index contributed by atoms with van der Waals surface area (Å²) < 4.78 is 0. The number of fused-ring (bicyclic) bond motifs is 3. The topological polar surface area (TPSA) is 59.6 Å². The molecule has 0 radical (unpaired) electrons. The fourth-order valence-corrected chi connectivity index (χ4v) is 2.85. The van der Waals surface area contributed by atoms with Gasteiger partial charge in [-0.2, -0.15) is 0 Å². The second-order valence-corrected chi connectivity index (χ2v) is 4.98. The molecule has 2 aliphatic rings. The summed E-state index contributed by atoms with van der Waals surface area (Å²) >= 11 is 0. The molecule has 1 atom stereocenters. The van der Waals surface area contributed by atoms with Crippen molar-refractivity contribution in [3.63, 3.8) is 0 Å². The molecule has 1 aliphatic carbocycles. The van der Waals surface area contributed by atoms with Crippen LogP contribution in [0.25, 0.3) is 0 Å². The molecule has 0 saturated heterocycles. The van der Waals surface area contributed by atoms with Crippen LogP contribution in [0.5, 0.6) is 11.5 Å². The van der Waals surface area contributed by atoms with Crippen molar-refractivity contribution in [3.8, 4) is 11.5 Å². The molecule has 5 heteroatoms. The molecule has 1 aliphatic heterocycles. The summed E-state index contributed by atoms with van der Waals surface area (Å²) in [5.41, 5.74) is 5.03. The molecular weight excluding hydrogens is 244 g/mol. The Kier molecular flexibility index (Phi) is 3.29. The van der Waals surface area contributed by atoms with Crippen LogP contribution in [0, 0.1) is 0 Å². The Balaban J connectivity index is 1.71. The minimum atomic E-state index is 0.109. The van der Waals surface area contributed by atoms with E-state index in [4.69, 9.17) is 9.68 Å². The van der Waals surface area contributed by atoms with Crippen LogP contribution >= 0.6 is 0 Å². The molecule has 0 bridgehead atoms. The minimum absolute atomic E-state index is 0.109. The van der Waals surface area contributed by atoms with E-state index < -0.39 is 0 Å². The predicted molar refractivity (Wildman–Crippen MR) is 69.8 cm³/mol. The van der Waals surface area contributed by atoms with Gasteiger partial charge < -0.3 is 15.0 Å². The van der Waals surface area contributed by atoms with Gasteiger partial charge in [-0.3, -0.25) is 4.79 Å². The largest absolute Gasteiger partial charge is 0.370 e. The van der Waals surface area contributed by atoms with E-state index in [1.165, 1.54) is 11.1 Å². The van der Waals surface area contributed by atoms with E-state index >= 15 is 0 Å². The van der Waals surface area contributed by atoms with E-state index in [1.807, 2.05) is 13.0 Å². The van der Waals surface area contributed by atoms with Crippen LogP contribution in [0.4, 0.5) is 0 Å². The number of carbonyl (C=O) groups excluding carboxylic acids is 1. The van der Waals surface area contributed by atoms with Crippen LogP contribution in [0.1, 0.15) is 43.2 Å². The van der Waals surface area contributed by atoms with Gasteiger partial charge in [-0.25, -0.2) is 0 Å². The van der Waals surface area contributed by atoms with Crippen LogP contribution < -0.4 is 20.6 Å². The van der Waals surface area contributed by atoms with Crippen molar-refractivity contribution >= 4 is 5.91 Å². The van der Waals surface area contributed by atoms with E-state index in [0.717, 1.165) is 30.8 Å². The van der Waals surface area contributed by atoms with Gasteiger partial charge in [0.15, 0.2) is 11.5 Å². The standard InChI is InChI=1S/C14H18N2O3/c1-2-12(17)15-8-7-10-4-3-9-5-6-11-14(13(9)10)19-16-18-11/h5-6,10,16H,2-4,7-8H2,1H3,(H,15,17). The SMILES string of the molecule is CCC(=O)NCCC1CCc2ccc3c(c21)ONO3. The van der Waals surface area contributed by atoms with E-state index in [1.54, 1.807) is 0 Å². The van der Waals surface area contributed by atoms with Gasteiger partial charge in [-0.15, -0.1) is 0 Å². The number of benzene rings is 1. The number of hydrogen-bond donors (Lipinski definition) is 2. The van der Waals surface area contributed by atoms with Gasteiger partial charge in [0.1, 0.15) is 0 Å². The third kappa shape index (κ3) is 2.26. The molecular formula is C14H18N2O3. The van der Waals surface area contributed by atoms with Gasteiger partial charge >= 0.3 is 0 Å². The van der Waals surface area contributed by atoms with Gasteiger partial charge in [-0.1, -0.05) is 13.0 Å². The number of rotatable bonds is 4. The normalized spacial score (nSPS) is 19.3. The Morgan fingerprint density at radius 1 is 1.47 bits per heavy atom. The van der Waals surface area contributed by atoms with Crippen molar-refractivity contribution < 1.29 is 14.5 Å². The zero-order valence-corrected chi connectivity index (χ0v) is 11.0. The molecule has 0 fully saturated rings. The molecule has 0 aromatic heterocycles. The molecule has 0 spiro atoms. The second-order valence-electron chi connectivity index (χ2n) is 4.98. The molecule has 1 aromatic carbocycles. The fraction of sp³-hybridized carbons (Fsp3) is 0.500. The highest BCUT2D eigenvalue weighted by Crippen LogP contribution is 2.46. The molecule has 19 heavy (non-hydrogen) atoms. The Labute approximate surface area is 112 Å². The summed E-state index contributed by atoms with van der Waals surface area (Å²) in [5, 5.41) is 2.93. The first-order valence-corrected chi connectivity index (χ1v) is 6.80. The molecule has 0 saturated carbocycles. The zero-order valence-electron chi connectivity index (χ0n) is 11.0. The van der Waals surface area contributed by atoms with Crippen molar-refractivity contribution in [2.24, 2.45) is 0 Å². The van der Waals surface area contributed by atoms with Crippen molar-refractivity contribution in [1.82, 2.24) is 11.0 Å². The minimum Gasteiger partial charge on any atom is -0.370 e. The highest BCUT2D eigenvalue weighted by atomic mass is 16.9. The van der Waals surface area contributed by atoms with Crippen molar-refractivity contribution in [2.75, 3.05) is 6.54 Å². The van der Waals surface area contributed by atoms with Crippen molar-refractivity contribution in [1.29, 1.82) is 0 Å². The second kappa shape index (κ2) is 5.09. The fourth-order valence-electron chi connectivity index (χ4n) is 2.85. The third-order valence-electron chi connectivity index (χ3n) is 3.85. The molecule has 1 heterocycles. The van der Waals surface area contributed by atoms with E-state index in [9.17, 15) is 4.79 Å². The van der Waals surface area contributed by atoms with Crippen LogP contribution in [0.3, 0.4) is 0 Å². The van der Waals surface area contributed by atoms with Crippen LogP contribution in [0.15, 0.2) is 12.1 Å². The number of hydrogen-bond acceptors (Lipinski definition) is 4. The zero-order chi connectivity index (χ0) is 13.2. The summed E-state index contributed by atoms with van der Waals surface area (Å²) in [6.07, 6.45) is 3.66. The summed E-state index contributed by atoms with van der Waals surface area (Å²) in [6.45, 7) is 2.58. The lowest BCUT2D eigenvalue weighted by Crippen LogP contribution is -2.24. The number of aryl methyl sites for hydroxylation is 1. The molecule has 3 rings (SSSR count). The van der Waals surface area contributed by atoms with Crippen LogP contribution in [-0.4, -0.2) is 12.5 Å². The molecule has 1 unspecified atom stereocenters. The van der Waals surface area contributed by atoms with Gasteiger partial charge in [0.2, 0.25) is 5.91 Å². The van der Waals surface area contributed by atoms with Crippen molar-refractivity contribution in [2.45, 2.75) is 38.5 Å². The highest BCUT2D eigenvalue weighted by Gasteiger charge is 2.31. The van der Waals surface area contributed by atoms with Crippen LogP contribution in [-0.2, 0) is 11.2 Å². The lowest BCUT2D eigenvalue weighted by Gasteiger charge is -2.13. The maximum Gasteiger partial charge on any atom is 0.219 e. The maximum absolute atomic E-state index is 11.3. The van der Waals surface area contributed by atoms with Gasteiger partial charge in [-0.05, 0) is 36.8 Å². The van der Waals surface area contributed by atoms with Gasteiger partial charge in [0.25, 0.3) is 0 Å².